The number of nitrogens with zero attached hydrogens (tertiary/aromatic N) is 4. The molecule has 5 heteroatoms. The molecule has 0 aromatic carbocycles. The Bertz CT molecular complexity index is 634. The lowest BCUT2D eigenvalue weighted by molar-refractivity contribution is 0.359. The van der Waals surface area contributed by atoms with Gasteiger partial charge in [-0.25, -0.2) is 9.67 Å². The van der Waals surface area contributed by atoms with Crippen LogP contribution in [0.15, 0.2) is 65.9 Å². The van der Waals surface area contributed by atoms with Crippen molar-refractivity contribution in [2.24, 2.45) is 10.7 Å². The molecule has 0 amide bonds. The summed E-state index contributed by atoms with van der Waals surface area (Å²) < 4.78 is 1.67. The van der Waals surface area contributed by atoms with Gasteiger partial charge in [-0.05, 0) is 24.6 Å². The van der Waals surface area contributed by atoms with Gasteiger partial charge in [-0.3, -0.25) is 4.90 Å². The Kier molecular flexibility index (Phi) is 6.72. The Balaban J connectivity index is 2.06. The molecule has 5 nitrogen and oxygen atoms in total. The predicted octanol–water partition coefficient (Wildman–Crippen LogP) is 2.82. The minimum absolute atomic E-state index is 0.318. The molecule has 2 N–H and O–H groups in total. The highest BCUT2D eigenvalue weighted by atomic mass is 15.3. The molecule has 0 saturated heterocycles. The zero-order valence-corrected chi connectivity index (χ0v) is 13.7. The molecule has 23 heavy (non-hydrogen) atoms. The van der Waals surface area contributed by atoms with E-state index in [0.717, 1.165) is 37.6 Å². The number of hydrogen-bond acceptors (Lipinski definition) is 4. The Morgan fingerprint density at radius 1 is 1.52 bits per heavy atom. The zero-order valence-electron chi connectivity index (χ0n) is 13.7. The maximum atomic E-state index is 5.65. The number of nitrogens with two attached hydrogens (primary N) is 1. The van der Waals surface area contributed by atoms with E-state index in [9.17, 15) is 0 Å². The third-order valence-corrected chi connectivity index (χ3v) is 3.67. The van der Waals surface area contributed by atoms with E-state index in [4.69, 9.17) is 5.73 Å². The second-order valence-corrected chi connectivity index (χ2v) is 5.28. The van der Waals surface area contributed by atoms with Crippen molar-refractivity contribution in [2.75, 3.05) is 19.6 Å². The van der Waals surface area contributed by atoms with Crippen LogP contribution in [-0.2, 0) is 6.67 Å². The van der Waals surface area contributed by atoms with Crippen LogP contribution in [0.4, 0.5) is 5.82 Å². The van der Waals surface area contributed by atoms with Crippen LogP contribution in [-0.4, -0.2) is 40.0 Å². The van der Waals surface area contributed by atoms with E-state index in [0.29, 0.717) is 6.67 Å². The molecule has 2 rings (SSSR count). The van der Waals surface area contributed by atoms with Gasteiger partial charge in [-0.15, -0.1) is 0 Å². The van der Waals surface area contributed by atoms with Crippen LogP contribution in [0.25, 0.3) is 0 Å². The van der Waals surface area contributed by atoms with Crippen LogP contribution in [0.5, 0.6) is 0 Å². The van der Waals surface area contributed by atoms with Crippen molar-refractivity contribution < 1.29 is 0 Å². The molecule has 1 aliphatic carbocycles. The molecule has 0 saturated carbocycles. The van der Waals surface area contributed by atoms with Gasteiger partial charge in [0.2, 0.25) is 0 Å². The topological polar surface area (TPSA) is 59.4 Å². The lowest BCUT2D eigenvalue weighted by Crippen LogP contribution is -2.30. The van der Waals surface area contributed by atoms with Gasteiger partial charge in [-0.2, -0.15) is 5.10 Å². The summed E-state index contributed by atoms with van der Waals surface area (Å²) in [6.45, 7) is 8.95. The summed E-state index contributed by atoms with van der Waals surface area (Å²) in [5.74, 6) is 0.760. The fourth-order valence-electron chi connectivity index (χ4n) is 2.36. The second kappa shape index (κ2) is 9.02. The Labute approximate surface area is 138 Å². The molecule has 1 aliphatic rings. The average Bonchev–Trinajstić information content (AvgIpc) is 2.86. The molecule has 0 unspecified atom stereocenters. The maximum Gasteiger partial charge on any atom is 0.152 e. The van der Waals surface area contributed by atoms with Crippen molar-refractivity contribution in [1.29, 1.82) is 0 Å². The van der Waals surface area contributed by atoms with Crippen molar-refractivity contribution in [2.45, 2.75) is 20.0 Å². The number of aromatic nitrogens is 2. The van der Waals surface area contributed by atoms with Crippen molar-refractivity contribution in [1.82, 2.24) is 14.7 Å². The standard InChI is InChI=1S/C18H25N5/c1-3-17(21-18-11-12-20-23(18)15-19)14-22(4-2)13-16-9-7-5-6-8-10-16/h3,5-7,9-12H,1,4,8,13-15,19H2,2H3/b21-17+. The summed E-state index contributed by atoms with van der Waals surface area (Å²) in [5.41, 5.74) is 7.89. The van der Waals surface area contributed by atoms with Gasteiger partial charge in [0, 0.05) is 19.2 Å². The third kappa shape index (κ3) is 5.16. The summed E-state index contributed by atoms with van der Waals surface area (Å²) in [6.07, 6.45) is 15.3. The quantitative estimate of drug-likeness (QED) is 0.751. The van der Waals surface area contributed by atoms with Crippen LogP contribution in [0.2, 0.25) is 0 Å². The molecule has 0 atom stereocenters. The largest absolute Gasteiger partial charge is 0.312 e. The molecular weight excluding hydrogens is 286 g/mol. The number of allylic oxidation sites excluding steroid dienone is 4. The van der Waals surface area contributed by atoms with Gasteiger partial charge in [0.25, 0.3) is 0 Å². The summed E-state index contributed by atoms with van der Waals surface area (Å²) >= 11 is 0. The van der Waals surface area contributed by atoms with Crippen LogP contribution >= 0.6 is 0 Å². The highest BCUT2D eigenvalue weighted by Crippen LogP contribution is 2.12. The molecule has 122 valence electrons. The number of rotatable bonds is 8. The van der Waals surface area contributed by atoms with E-state index in [2.05, 4.69) is 58.9 Å². The van der Waals surface area contributed by atoms with Crippen molar-refractivity contribution >= 4 is 11.5 Å². The first-order chi connectivity index (χ1) is 11.3. The van der Waals surface area contributed by atoms with Gasteiger partial charge in [0.15, 0.2) is 5.82 Å². The normalized spacial score (nSPS) is 14.9. The van der Waals surface area contributed by atoms with E-state index < -0.39 is 0 Å². The highest BCUT2D eigenvalue weighted by Gasteiger charge is 2.08. The Morgan fingerprint density at radius 3 is 3.13 bits per heavy atom. The van der Waals surface area contributed by atoms with Crippen molar-refractivity contribution in [3.63, 3.8) is 0 Å². The molecule has 1 aromatic rings. The average molecular weight is 311 g/mol. The van der Waals surface area contributed by atoms with E-state index in [1.165, 1.54) is 5.57 Å². The van der Waals surface area contributed by atoms with Gasteiger partial charge in [0.1, 0.15) is 0 Å². The van der Waals surface area contributed by atoms with Crippen molar-refractivity contribution in [3.05, 3.63) is 60.9 Å². The summed E-state index contributed by atoms with van der Waals surface area (Å²) in [5, 5.41) is 4.14. The monoisotopic (exact) mass is 311 g/mol. The van der Waals surface area contributed by atoms with Crippen molar-refractivity contribution in [3.8, 4) is 0 Å². The Morgan fingerprint density at radius 2 is 2.39 bits per heavy atom. The van der Waals surface area contributed by atoms with Crippen LogP contribution in [0.1, 0.15) is 13.3 Å². The van der Waals surface area contributed by atoms with Gasteiger partial charge in [0.05, 0.1) is 18.6 Å². The summed E-state index contributed by atoms with van der Waals surface area (Å²) in [7, 11) is 0. The molecular formula is C18H25N5. The van der Waals surface area contributed by atoms with E-state index in [1.54, 1.807) is 17.0 Å². The molecule has 0 bridgehead atoms. The first kappa shape index (κ1) is 17.1. The van der Waals surface area contributed by atoms with E-state index in [1.807, 2.05) is 6.07 Å². The SMILES string of the molecule is C=C/C(CN(CC)CC1=CCC=CC=C1)=N\c1ccnn1CN. The van der Waals surface area contributed by atoms with Gasteiger partial charge in [-0.1, -0.05) is 43.9 Å². The fraction of sp³-hybridized carbons (Fsp3) is 0.333. The molecule has 0 spiro atoms. The maximum absolute atomic E-state index is 5.65. The Hall–Kier alpha value is -2.24. The summed E-state index contributed by atoms with van der Waals surface area (Å²) in [4.78, 5) is 6.97. The zero-order chi connectivity index (χ0) is 16.5. The third-order valence-electron chi connectivity index (χ3n) is 3.67. The lowest BCUT2D eigenvalue weighted by atomic mass is 10.2. The molecule has 0 aliphatic heterocycles. The first-order valence-electron chi connectivity index (χ1n) is 7.93. The predicted molar refractivity (Wildman–Crippen MR) is 96.8 cm³/mol. The number of likely N-dealkylation sites (N-methyl/N-ethyl adjacent to an activating group) is 1. The summed E-state index contributed by atoms with van der Waals surface area (Å²) in [6, 6.07) is 1.86. The second-order valence-electron chi connectivity index (χ2n) is 5.28. The first-order valence-corrected chi connectivity index (χ1v) is 7.93. The van der Waals surface area contributed by atoms with Crippen LogP contribution in [0, 0.1) is 0 Å². The van der Waals surface area contributed by atoms with E-state index >= 15 is 0 Å². The number of aliphatic imine (C=N–C) groups is 1. The van der Waals surface area contributed by atoms with E-state index in [-0.39, 0.29) is 0 Å². The highest BCUT2D eigenvalue weighted by molar-refractivity contribution is 5.97. The number of hydrogen-bond donors (Lipinski definition) is 1. The fourth-order valence-corrected chi connectivity index (χ4v) is 2.36. The lowest BCUT2D eigenvalue weighted by Gasteiger charge is -2.21. The minimum Gasteiger partial charge on any atom is -0.312 e. The smallest absolute Gasteiger partial charge is 0.152 e. The minimum atomic E-state index is 0.318. The molecule has 1 heterocycles. The van der Waals surface area contributed by atoms with Crippen LogP contribution in [0.3, 0.4) is 0 Å². The molecule has 0 fully saturated rings. The van der Waals surface area contributed by atoms with Crippen LogP contribution < -0.4 is 5.73 Å². The molecule has 0 radical (unpaired) electrons. The van der Waals surface area contributed by atoms with Gasteiger partial charge >= 0.3 is 0 Å². The molecule has 1 aromatic heterocycles. The van der Waals surface area contributed by atoms with Gasteiger partial charge < -0.3 is 5.73 Å².